The lowest BCUT2D eigenvalue weighted by atomic mass is 9.93. The number of halogens is 1. The van der Waals surface area contributed by atoms with Gasteiger partial charge in [0.2, 0.25) is 0 Å². The van der Waals surface area contributed by atoms with Crippen LogP contribution in [0.25, 0.3) is 0 Å². The van der Waals surface area contributed by atoms with E-state index in [0.29, 0.717) is 46.0 Å². The Morgan fingerprint density at radius 3 is 2.50 bits per heavy atom. The monoisotopic (exact) mass is 533 g/mol. The van der Waals surface area contributed by atoms with Crippen LogP contribution in [-0.2, 0) is 9.47 Å². The van der Waals surface area contributed by atoms with E-state index < -0.39 is 11.8 Å². The first-order valence-electron chi connectivity index (χ1n) is 12.1. The lowest BCUT2D eigenvalue weighted by molar-refractivity contribution is -0.0158. The van der Waals surface area contributed by atoms with Gasteiger partial charge >= 0.3 is 6.09 Å². The molecule has 36 heavy (non-hydrogen) atoms. The van der Waals surface area contributed by atoms with Crippen LogP contribution in [0, 0.1) is 5.92 Å². The number of fused-ring (bicyclic) bond motifs is 1. The van der Waals surface area contributed by atoms with Crippen LogP contribution in [0.5, 0.6) is 0 Å². The highest BCUT2D eigenvalue weighted by Crippen LogP contribution is 2.39. The Kier molecular flexibility index (Phi) is 7.92. The third kappa shape index (κ3) is 5.85. The number of methoxy groups -OCH3 is 1. The molecule has 2 aliphatic heterocycles. The Morgan fingerprint density at radius 1 is 1.17 bits per heavy atom. The Hall–Kier alpha value is -2.62. The minimum atomic E-state index is -0.512. The average Bonchev–Trinajstić information content (AvgIpc) is 3.38. The number of carbonyl (C=O) groups is 3. The summed E-state index contributed by atoms with van der Waals surface area (Å²) in [5.74, 6) is -0.0825. The fraction of sp³-hybridized carbons (Fsp3) is 0.500. The number of benzene rings is 1. The molecule has 1 fully saturated rings. The second-order valence-corrected chi connectivity index (χ2v) is 11.8. The highest BCUT2D eigenvalue weighted by Gasteiger charge is 2.39. The van der Waals surface area contributed by atoms with Gasteiger partial charge in [0.25, 0.3) is 11.8 Å². The van der Waals surface area contributed by atoms with Crippen LogP contribution in [-0.4, -0.2) is 60.1 Å². The van der Waals surface area contributed by atoms with Gasteiger partial charge in [-0.15, -0.1) is 11.3 Å². The number of anilines is 1. The summed E-state index contributed by atoms with van der Waals surface area (Å²) in [5, 5.41) is 2.86. The molecule has 8 nitrogen and oxygen atoms in total. The van der Waals surface area contributed by atoms with Crippen molar-refractivity contribution in [2.24, 2.45) is 5.92 Å². The minimum Gasteiger partial charge on any atom is -0.444 e. The Morgan fingerprint density at radius 2 is 1.89 bits per heavy atom. The van der Waals surface area contributed by atoms with Gasteiger partial charge in [0.1, 0.15) is 5.60 Å². The van der Waals surface area contributed by atoms with Gasteiger partial charge in [-0.3, -0.25) is 9.59 Å². The van der Waals surface area contributed by atoms with Crippen molar-refractivity contribution in [3.05, 3.63) is 50.7 Å². The van der Waals surface area contributed by atoms with Gasteiger partial charge in [0, 0.05) is 32.3 Å². The largest absolute Gasteiger partial charge is 0.444 e. The molecule has 3 amide bonds. The number of hydrogen-bond donors (Lipinski definition) is 1. The molecule has 1 aromatic heterocycles. The summed E-state index contributed by atoms with van der Waals surface area (Å²) in [4.78, 5) is 42.5. The summed E-state index contributed by atoms with van der Waals surface area (Å²) in [6.45, 7) is 7.41. The number of rotatable bonds is 6. The summed E-state index contributed by atoms with van der Waals surface area (Å²) in [6.07, 6.45) is 1.73. The minimum absolute atomic E-state index is 0.164. The lowest BCUT2D eigenvalue weighted by Crippen LogP contribution is -2.42. The van der Waals surface area contributed by atoms with Gasteiger partial charge in [-0.05, 0) is 64.2 Å². The van der Waals surface area contributed by atoms with Crippen molar-refractivity contribution in [3.8, 4) is 0 Å². The number of nitrogens with zero attached hydrogens (tertiary/aromatic N) is 2. The third-order valence-corrected chi connectivity index (χ3v) is 7.66. The summed E-state index contributed by atoms with van der Waals surface area (Å²) < 4.78 is 11.7. The molecule has 0 spiro atoms. The van der Waals surface area contributed by atoms with E-state index in [2.05, 4.69) is 5.32 Å². The number of thiophene rings is 1. The van der Waals surface area contributed by atoms with E-state index in [0.717, 1.165) is 24.8 Å². The molecule has 10 heteroatoms. The number of likely N-dealkylation sites (tertiary alicyclic amines) is 1. The Labute approximate surface area is 220 Å². The molecule has 2 aliphatic rings. The van der Waals surface area contributed by atoms with Crippen molar-refractivity contribution in [3.63, 3.8) is 0 Å². The maximum absolute atomic E-state index is 13.5. The maximum Gasteiger partial charge on any atom is 0.410 e. The molecule has 0 bridgehead atoms. The quantitative estimate of drug-likeness (QED) is 0.507. The highest BCUT2D eigenvalue weighted by molar-refractivity contribution is 7.18. The highest BCUT2D eigenvalue weighted by atomic mass is 35.5. The van der Waals surface area contributed by atoms with Crippen molar-refractivity contribution >= 4 is 46.5 Å². The third-order valence-electron chi connectivity index (χ3n) is 6.43. The molecule has 194 valence electrons. The van der Waals surface area contributed by atoms with E-state index in [1.807, 2.05) is 32.9 Å². The molecular formula is C26H32ClN3O5S. The Balaban J connectivity index is 1.38. The van der Waals surface area contributed by atoms with Gasteiger partial charge in [-0.2, -0.15) is 0 Å². The normalized spacial score (nSPS) is 18.4. The zero-order valence-corrected chi connectivity index (χ0v) is 22.6. The molecule has 1 aromatic carbocycles. The van der Waals surface area contributed by atoms with E-state index in [9.17, 15) is 14.4 Å². The molecule has 1 saturated heterocycles. The topological polar surface area (TPSA) is 88.2 Å². The van der Waals surface area contributed by atoms with Crippen LogP contribution in [0.4, 0.5) is 10.5 Å². The maximum atomic E-state index is 13.5. The molecule has 3 heterocycles. The van der Waals surface area contributed by atoms with Gasteiger partial charge in [0.05, 0.1) is 20.5 Å². The smallest absolute Gasteiger partial charge is 0.410 e. The predicted molar refractivity (Wildman–Crippen MR) is 140 cm³/mol. The molecular weight excluding hydrogens is 502 g/mol. The number of piperidine rings is 1. The molecule has 4 rings (SSSR count). The molecule has 2 aromatic rings. The Bertz CT molecular complexity index is 1140. The van der Waals surface area contributed by atoms with Crippen molar-refractivity contribution < 1.29 is 23.9 Å². The van der Waals surface area contributed by atoms with Gasteiger partial charge in [-0.1, -0.05) is 23.7 Å². The SMILES string of the molecule is COC1c2cccc(NC(=O)c3ccc(Cl)s3)c2C(=O)N1CCC1CCN(C(=O)OC(C)(C)C)CC1. The number of ether oxygens (including phenoxy) is 2. The number of carbonyl (C=O) groups excluding carboxylic acids is 3. The van der Waals surface area contributed by atoms with Gasteiger partial charge < -0.3 is 24.6 Å². The fourth-order valence-corrected chi connectivity index (χ4v) is 5.62. The van der Waals surface area contributed by atoms with Crippen LogP contribution in [0.3, 0.4) is 0 Å². The van der Waals surface area contributed by atoms with E-state index in [-0.39, 0.29) is 17.9 Å². The number of hydrogen-bond acceptors (Lipinski definition) is 6. The van der Waals surface area contributed by atoms with E-state index in [1.54, 1.807) is 35.1 Å². The number of amides is 3. The molecule has 0 saturated carbocycles. The summed E-state index contributed by atoms with van der Waals surface area (Å²) in [7, 11) is 1.58. The van der Waals surface area contributed by atoms with Crippen LogP contribution in [0.15, 0.2) is 30.3 Å². The van der Waals surface area contributed by atoms with Crippen molar-refractivity contribution in [1.29, 1.82) is 0 Å². The van der Waals surface area contributed by atoms with Crippen molar-refractivity contribution in [2.45, 2.75) is 51.9 Å². The molecule has 0 aliphatic carbocycles. The van der Waals surface area contributed by atoms with Gasteiger partial charge in [0.15, 0.2) is 6.23 Å². The fourth-order valence-electron chi connectivity index (χ4n) is 4.68. The molecule has 1 N–H and O–H groups in total. The van der Waals surface area contributed by atoms with Crippen LogP contribution < -0.4 is 5.32 Å². The van der Waals surface area contributed by atoms with E-state index >= 15 is 0 Å². The molecule has 1 unspecified atom stereocenters. The molecule has 1 atom stereocenters. The summed E-state index contributed by atoms with van der Waals surface area (Å²) in [5.41, 5.74) is 1.15. The van der Waals surface area contributed by atoms with Crippen LogP contribution in [0.2, 0.25) is 4.34 Å². The van der Waals surface area contributed by atoms with Gasteiger partial charge in [-0.25, -0.2) is 4.79 Å². The first kappa shape index (κ1) is 26.4. The second-order valence-electron chi connectivity index (χ2n) is 10.1. The average molecular weight is 534 g/mol. The standard InChI is InChI=1S/C26H32ClN3O5S/c1-26(2,3)35-25(33)29-13-10-16(11-14-29)12-15-30-23(32)21-17(24(30)34-4)6-5-7-18(21)28-22(31)19-8-9-20(27)36-19/h5-9,16,24H,10-15H2,1-4H3,(H,28,31). The lowest BCUT2D eigenvalue weighted by Gasteiger charge is -2.34. The predicted octanol–water partition coefficient (Wildman–Crippen LogP) is 5.79. The zero-order chi connectivity index (χ0) is 26.0. The van der Waals surface area contributed by atoms with E-state index in [1.165, 1.54) is 11.3 Å². The second kappa shape index (κ2) is 10.8. The summed E-state index contributed by atoms with van der Waals surface area (Å²) in [6, 6.07) is 8.73. The van der Waals surface area contributed by atoms with Crippen LogP contribution in [0.1, 0.15) is 71.9 Å². The van der Waals surface area contributed by atoms with Crippen LogP contribution >= 0.6 is 22.9 Å². The molecule has 0 radical (unpaired) electrons. The number of nitrogens with one attached hydrogen (secondary N) is 1. The first-order valence-corrected chi connectivity index (χ1v) is 13.3. The van der Waals surface area contributed by atoms with Crippen molar-refractivity contribution in [2.75, 3.05) is 32.1 Å². The zero-order valence-electron chi connectivity index (χ0n) is 21.0. The first-order chi connectivity index (χ1) is 17.1. The summed E-state index contributed by atoms with van der Waals surface area (Å²) >= 11 is 7.15. The van der Waals surface area contributed by atoms with Crippen molar-refractivity contribution in [1.82, 2.24) is 9.80 Å². The van der Waals surface area contributed by atoms with E-state index in [4.69, 9.17) is 21.1 Å².